The first-order valence-electron chi connectivity index (χ1n) is 6.53. The fourth-order valence-corrected chi connectivity index (χ4v) is 4.45. The smallest absolute Gasteiger partial charge is 0.316 e. The Balaban J connectivity index is 2.16. The van der Waals surface area contributed by atoms with Gasteiger partial charge < -0.3 is 9.66 Å². The molecule has 0 saturated heterocycles. The maximum atomic E-state index is 12.6. The van der Waals surface area contributed by atoms with Crippen molar-refractivity contribution in [2.75, 3.05) is 5.75 Å². The lowest BCUT2D eigenvalue weighted by Crippen LogP contribution is -2.13. The molecule has 0 saturated carbocycles. The van der Waals surface area contributed by atoms with Crippen molar-refractivity contribution in [3.05, 3.63) is 64.2 Å². The van der Waals surface area contributed by atoms with Gasteiger partial charge >= 0.3 is 5.97 Å². The highest BCUT2D eigenvalue weighted by Crippen LogP contribution is 2.40. The van der Waals surface area contributed by atoms with Gasteiger partial charge in [-0.2, -0.15) is 0 Å². The van der Waals surface area contributed by atoms with E-state index in [0.29, 0.717) is 16.0 Å². The van der Waals surface area contributed by atoms with Crippen LogP contribution in [0.3, 0.4) is 0 Å². The number of rotatable bonds is 3. The van der Waals surface area contributed by atoms with E-state index in [9.17, 15) is 19.2 Å². The average molecular weight is 335 g/mol. The highest BCUT2D eigenvalue weighted by Gasteiger charge is 2.42. The number of ketones is 1. The molecule has 0 aliphatic carbocycles. The molecule has 1 N–H and O–H groups in total. The second kappa shape index (κ2) is 5.76. The molecule has 1 aliphatic rings. The first kappa shape index (κ1) is 15.1. The molecular weight excluding hydrogens is 324 g/mol. The summed E-state index contributed by atoms with van der Waals surface area (Å²) in [6.45, 7) is 0. The molecule has 2 aromatic carbocycles. The number of hydrogen-bond donors (Lipinski definition) is 1. The number of fused-ring (bicyclic) bond motifs is 1. The molecule has 0 fully saturated rings. The number of carboxylic acid groups (broad SMARTS) is 1. The van der Waals surface area contributed by atoms with Gasteiger partial charge in [0.1, 0.15) is 11.7 Å². The number of carbonyl (C=O) groups is 2. The van der Waals surface area contributed by atoms with Gasteiger partial charge in [0.2, 0.25) is 0 Å². The summed E-state index contributed by atoms with van der Waals surface area (Å²) < 4.78 is 12.3. The average Bonchev–Trinajstić information content (AvgIpc) is 2.84. The Kier molecular flexibility index (Phi) is 3.95. The number of carboxylic acids is 1. The van der Waals surface area contributed by atoms with E-state index in [0.717, 1.165) is 0 Å². The number of benzene rings is 2. The number of aliphatic carboxylic acids is 1. The Morgan fingerprint density at radius 3 is 2.55 bits per heavy atom. The quantitative estimate of drug-likeness (QED) is 0.691. The third kappa shape index (κ3) is 2.52. The van der Waals surface area contributed by atoms with Gasteiger partial charge in [0.25, 0.3) is 0 Å². The Hall–Kier alpha value is -1.82. The van der Waals surface area contributed by atoms with E-state index >= 15 is 0 Å². The maximum absolute atomic E-state index is 12.6. The molecule has 6 heteroatoms. The molecule has 22 heavy (non-hydrogen) atoms. The summed E-state index contributed by atoms with van der Waals surface area (Å²) in [5.74, 6) is -2.29. The first-order chi connectivity index (χ1) is 10.5. The van der Waals surface area contributed by atoms with Crippen molar-refractivity contribution in [2.24, 2.45) is 0 Å². The van der Waals surface area contributed by atoms with E-state index in [2.05, 4.69) is 0 Å². The fraction of sp³-hybridized carbons (Fsp3) is 0.125. The summed E-state index contributed by atoms with van der Waals surface area (Å²) in [5, 5.41) is 9.52. The van der Waals surface area contributed by atoms with Crippen molar-refractivity contribution in [3.63, 3.8) is 0 Å². The molecule has 2 aromatic rings. The van der Waals surface area contributed by atoms with E-state index in [1.807, 2.05) is 0 Å². The lowest BCUT2D eigenvalue weighted by atomic mass is 9.96. The van der Waals surface area contributed by atoms with Gasteiger partial charge in [-0.05, 0) is 23.3 Å². The van der Waals surface area contributed by atoms with Crippen LogP contribution in [-0.4, -0.2) is 27.2 Å². The van der Waals surface area contributed by atoms with Crippen molar-refractivity contribution in [1.82, 2.24) is 0 Å². The van der Waals surface area contributed by atoms with Gasteiger partial charge in [-0.15, -0.1) is 0 Å². The molecule has 0 bridgehead atoms. The Bertz CT molecular complexity index is 760. The van der Waals surface area contributed by atoms with Crippen LogP contribution in [0.15, 0.2) is 47.4 Å². The molecule has 112 valence electrons. The molecule has 0 amide bonds. The second-order valence-electron chi connectivity index (χ2n) is 4.97. The zero-order valence-electron chi connectivity index (χ0n) is 11.3. The van der Waals surface area contributed by atoms with Crippen LogP contribution in [0.2, 0.25) is 5.02 Å². The van der Waals surface area contributed by atoms with Crippen LogP contribution in [0, 0.1) is 0 Å². The van der Waals surface area contributed by atoms with E-state index in [1.165, 1.54) is 12.1 Å². The molecule has 1 aliphatic heterocycles. The number of hydrogen-bond acceptors (Lipinski definition) is 3. The maximum Gasteiger partial charge on any atom is 0.316 e. The fourth-order valence-electron chi connectivity index (χ4n) is 2.57. The summed E-state index contributed by atoms with van der Waals surface area (Å²) >= 11 is 4.51. The predicted octanol–water partition coefficient (Wildman–Crippen LogP) is 2.86. The van der Waals surface area contributed by atoms with Crippen LogP contribution >= 0.6 is 11.6 Å². The standard InChI is InChI=1S/C16H11ClO4S/c17-10-6-11-13(16(19)20)8-22(21)15(11)12(7-10)14(18)9-4-2-1-3-5-9/h1-7,13H,8H2,(H,19,20). The zero-order chi connectivity index (χ0) is 15.9. The summed E-state index contributed by atoms with van der Waals surface area (Å²) in [5.41, 5.74) is 1.04. The highest BCUT2D eigenvalue weighted by atomic mass is 35.5. The van der Waals surface area contributed by atoms with Gasteiger partial charge in [-0.25, -0.2) is 0 Å². The largest absolute Gasteiger partial charge is 0.611 e. The zero-order valence-corrected chi connectivity index (χ0v) is 12.9. The van der Waals surface area contributed by atoms with E-state index < -0.39 is 23.1 Å². The normalized spacial score (nSPS) is 19.7. The Labute approximate surface area is 134 Å². The third-order valence-corrected chi connectivity index (χ3v) is 5.35. The Morgan fingerprint density at radius 1 is 1.23 bits per heavy atom. The third-order valence-electron chi connectivity index (χ3n) is 3.58. The molecule has 1 heterocycles. The molecular formula is C16H11ClO4S. The monoisotopic (exact) mass is 334 g/mol. The van der Waals surface area contributed by atoms with E-state index in [1.54, 1.807) is 30.3 Å². The highest BCUT2D eigenvalue weighted by molar-refractivity contribution is 7.92. The van der Waals surface area contributed by atoms with Gasteiger partial charge in [0, 0.05) is 16.1 Å². The summed E-state index contributed by atoms with van der Waals surface area (Å²) in [6, 6.07) is 11.5. The number of halogens is 1. The minimum atomic E-state index is -1.52. The van der Waals surface area contributed by atoms with Crippen molar-refractivity contribution < 1.29 is 19.2 Å². The molecule has 0 spiro atoms. The molecule has 0 radical (unpaired) electrons. The van der Waals surface area contributed by atoms with Crippen LogP contribution < -0.4 is 0 Å². The molecule has 2 unspecified atom stereocenters. The SMILES string of the molecule is O=C(c1ccccc1)c1cc(Cl)cc2c1[S+]([O-])CC2C(=O)O. The Morgan fingerprint density at radius 2 is 1.91 bits per heavy atom. The summed E-state index contributed by atoms with van der Waals surface area (Å²) in [7, 11) is 0. The topological polar surface area (TPSA) is 77.4 Å². The summed E-state index contributed by atoms with van der Waals surface area (Å²) in [4.78, 5) is 24.2. The van der Waals surface area contributed by atoms with Crippen molar-refractivity contribution in [1.29, 1.82) is 0 Å². The van der Waals surface area contributed by atoms with E-state index in [4.69, 9.17) is 11.6 Å². The lowest BCUT2D eigenvalue weighted by Gasteiger charge is -2.09. The second-order valence-corrected chi connectivity index (χ2v) is 6.84. The van der Waals surface area contributed by atoms with Gasteiger partial charge in [-0.3, -0.25) is 9.59 Å². The molecule has 3 rings (SSSR count). The van der Waals surface area contributed by atoms with Gasteiger partial charge in [-0.1, -0.05) is 41.9 Å². The van der Waals surface area contributed by atoms with E-state index in [-0.39, 0.29) is 22.1 Å². The van der Waals surface area contributed by atoms with Crippen LogP contribution in [-0.2, 0) is 16.0 Å². The van der Waals surface area contributed by atoms with Gasteiger partial charge in [0.05, 0.1) is 5.56 Å². The molecule has 0 aromatic heterocycles. The number of carbonyl (C=O) groups excluding carboxylic acids is 1. The van der Waals surface area contributed by atoms with Crippen molar-refractivity contribution in [2.45, 2.75) is 10.8 Å². The van der Waals surface area contributed by atoms with Crippen molar-refractivity contribution >= 4 is 34.5 Å². The lowest BCUT2D eigenvalue weighted by molar-refractivity contribution is -0.138. The van der Waals surface area contributed by atoms with Crippen LogP contribution in [0.5, 0.6) is 0 Å². The van der Waals surface area contributed by atoms with Crippen molar-refractivity contribution in [3.8, 4) is 0 Å². The molecule has 4 nitrogen and oxygen atoms in total. The van der Waals surface area contributed by atoms with Crippen LogP contribution in [0.1, 0.15) is 27.4 Å². The van der Waals surface area contributed by atoms with Gasteiger partial charge in [0.15, 0.2) is 10.7 Å². The predicted molar refractivity (Wildman–Crippen MR) is 83.0 cm³/mol. The van der Waals surface area contributed by atoms with Crippen LogP contribution in [0.25, 0.3) is 0 Å². The summed E-state index contributed by atoms with van der Waals surface area (Å²) in [6.07, 6.45) is 0. The minimum Gasteiger partial charge on any atom is -0.611 e. The molecule has 2 atom stereocenters. The minimum absolute atomic E-state index is 0.0277. The first-order valence-corrected chi connectivity index (χ1v) is 8.23. The van der Waals surface area contributed by atoms with Crippen LogP contribution in [0.4, 0.5) is 0 Å².